The quantitative estimate of drug-likeness (QED) is 0.624. The van der Waals surface area contributed by atoms with E-state index >= 15 is 0 Å². The van der Waals surface area contributed by atoms with E-state index in [9.17, 15) is 9.59 Å². The Bertz CT molecular complexity index is 697. The SMILES string of the molecule is C[C@@H](OC(=O)c1ccc2c(c1)OCCO2)C(=O)NCCC1=CCCCC1. The third-order valence-corrected chi connectivity index (χ3v) is 4.56. The third-order valence-electron chi connectivity index (χ3n) is 4.56. The second kappa shape index (κ2) is 8.74. The van der Waals surface area contributed by atoms with Crippen molar-refractivity contribution in [3.8, 4) is 11.5 Å². The van der Waals surface area contributed by atoms with Crippen LogP contribution in [-0.4, -0.2) is 37.7 Å². The predicted octanol–water partition coefficient (Wildman–Crippen LogP) is 3.01. The number of esters is 1. The van der Waals surface area contributed by atoms with E-state index in [1.54, 1.807) is 25.1 Å². The van der Waals surface area contributed by atoms with Gasteiger partial charge in [-0.15, -0.1) is 0 Å². The van der Waals surface area contributed by atoms with Gasteiger partial charge in [-0.1, -0.05) is 11.6 Å². The van der Waals surface area contributed by atoms with Crippen molar-refractivity contribution in [3.05, 3.63) is 35.4 Å². The predicted molar refractivity (Wildman–Crippen MR) is 96.5 cm³/mol. The minimum absolute atomic E-state index is 0.285. The highest BCUT2D eigenvalue weighted by molar-refractivity contribution is 5.92. The smallest absolute Gasteiger partial charge is 0.339 e. The molecule has 0 unspecified atom stereocenters. The number of amides is 1. The van der Waals surface area contributed by atoms with Crippen molar-refractivity contribution in [2.45, 2.75) is 45.1 Å². The number of carbonyl (C=O) groups is 2. The van der Waals surface area contributed by atoms with Gasteiger partial charge in [0.1, 0.15) is 13.2 Å². The van der Waals surface area contributed by atoms with Gasteiger partial charge in [0.2, 0.25) is 0 Å². The molecule has 0 radical (unpaired) electrons. The normalized spacial score (nSPS) is 17.0. The lowest BCUT2D eigenvalue weighted by molar-refractivity contribution is -0.129. The van der Waals surface area contributed by atoms with Crippen LogP contribution in [0.5, 0.6) is 11.5 Å². The number of benzene rings is 1. The lowest BCUT2D eigenvalue weighted by atomic mass is 9.97. The van der Waals surface area contributed by atoms with Crippen LogP contribution in [0.15, 0.2) is 29.8 Å². The monoisotopic (exact) mass is 359 g/mol. The van der Waals surface area contributed by atoms with E-state index in [4.69, 9.17) is 14.2 Å². The van der Waals surface area contributed by atoms with E-state index in [-0.39, 0.29) is 5.91 Å². The van der Waals surface area contributed by atoms with Crippen LogP contribution in [0.1, 0.15) is 49.4 Å². The molecule has 1 amide bonds. The van der Waals surface area contributed by atoms with Gasteiger partial charge in [0.15, 0.2) is 17.6 Å². The Morgan fingerprint density at radius 2 is 2.00 bits per heavy atom. The van der Waals surface area contributed by atoms with E-state index in [1.807, 2.05) is 0 Å². The first-order valence-electron chi connectivity index (χ1n) is 9.20. The van der Waals surface area contributed by atoms with Crippen LogP contribution in [0.3, 0.4) is 0 Å². The average Bonchev–Trinajstić information content (AvgIpc) is 2.68. The molecule has 1 heterocycles. The molecule has 1 aromatic carbocycles. The number of hydrogen-bond donors (Lipinski definition) is 1. The van der Waals surface area contributed by atoms with Crippen LogP contribution in [0.25, 0.3) is 0 Å². The number of carbonyl (C=O) groups excluding carboxylic acids is 2. The Labute approximate surface area is 153 Å². The third kappa shape index (κ3) is 4.77. The zero-order valence-corrected chi connectivity index (χ0v) is 15.1. The Kier molecular flexibility index (Phi) is 6.15. The molecule has 0 aromatic heterocycles. The summed E-state index contributed by atoms with van der Waals surface area (Å²) in [7, 11) is 0. The van der Waals surface area contributed by atoms with Crippen LogP contribution in [0.4, 0.5) is 0 Å². The lowest BCUT2D eigenvalue weighted by Crippen LogP contribution is -2.36. The van der Waals surface area contributed by atoms with Gasteiger partial charge in [-0.25, -0.2) is 4.79 Å². The number of hydrogen-bond acceptors (Lipinski definition) is 5. The summed E-state index contributed by atoms with van der Waals surface area (Å²) in [6.07, 6.45) is 7.00. The number of rotatable bonds is 6. The van der Waals surface area contributed by atoms with Crippen LogP contribution >= 0.6 is 0 Å². The van der Waals surface area contributed by atoms with Crippen molar-refractivity contribution >= 4 is 11.9 Å². The average molecular weight is 359 g/mol. The summed E-state index contributed by atoms with van der Waals surface area (Å²) in [5.41, 5.74) is 1.73. The molecule has 1 aliphatic heterocycles. The minimum Gasteiger partial charge on any atom is -0.486 e. The maximum atomic E-state index is 12.3. The van der Waals surface area contributed by atoms with Gasteiger partial charge in [0.25, 0.3) is 5.91 Å². The molecule has 1 N–H and O–H groups in total. The molecule has 26 heavy (non-hydrogen) atoms. The molecule has 6 heteroatoms. The molecule has 0 fully saturated rings. The molecule has 0 saturated heterocycles. The van der Waals surface area contributed by atoms with E-state index in [1.165, 1.54) is 18.4 Å². The summed E-state index contributed by atoms with van der Waals surface area (Å²) in [5.74, 6) is 0.283. The van der Waals surface area contributed by atoms with E-state index in [0.29, 0.717) is 36.8 Å². The van der Waals surface area contributed by atoms with Gasteiger partial charge in [-0.2, -0.15) is 0 Å². The summed E-state index contributed by atoms with van der Waals surface area (Å²) >= 11 is 0. The zero-order chi connectivity index (χ0) is 18.4. The number of ether oxygens (including phenoxy) is 3. The Morgan fingerprint density at radius 1 is 1.19 bits per heavy atom. The van der Waals surface area contributed by atoms with Crippen molar-refractivity contribution in [1.29, 1.82) is 0 Å². The van der Waals surface area contributed by atoms with E-state index in [2.05, 4.69) is 11.4 Å². The molecule has 1 aromatic rings. The maximum Gasteiger partial charge on any atom is 0.339 e. The first kappa shape index (κ1) is 18.3. The first-order chi connectivity index (χ1) is 12.6. The largest absolute Gasteiger partial charge is 0.486 e. The van der Waals surface area contributed by atoms with Gasteiger partial charge >= 0.3 is 5.97 Å². The van der Waals surface area contributed by atoms with Crippen LogP contribution in [0.2, 0.25) is 0 Å². The molecular weight excluding hydrogens is 334 g/mol. The second-order valence-electron chi connectivity index (χ2n) is 6.56. The highest BCUT2D eigenvalue weighted by Crippen LogP contribution is 2.31. The molecule has 0 saturated carbocycles. The molecule has 0 bridgehead atoms. The van der Waals surface area contributed by atoms with Crippen molar-refractivity contribution in [2.75, 3.05) is 19.8 Å². The Hall–Kier alpha value is -2.50. The van der Waals surface area contributed by atoms with Gasteiger partial charge < -0.3 is 19.5 Å². The summed E-state index contributed by atoms with van der Waals surface area (Å²) in [4.78, 5) is 24.4. The van der Waals surface area contributed by atoms with Crippen LogP contribution < -0.4 is 14.8 Å². The molecule has 2 aliphatic rings. The zero-order valence-electron chi connectivity index (χ0n) is 15.1. The van der Waals surface area contributed by atoms with Crippen molar-refractivity contribution in [3.63, 3.8) is 0 Å². The summed E-state index contributed by atoms with van der Waals surface area (Å²) in [6, 6.07) is 4.86. The molecule has 0 spiro atoms. The number of allylic oxidation sites excluding steroid dienone is 1. The first-order valence-corrected chi connectivity index (χ1v) is 9.20. The van der Waals surface area contributed by atoms with Gasteiger partial charge in [0.05, 0.1) is 5.56 Å². The standard InChI is InChI=1S/C20H25NO5/c1-14(19(22)21-10-9-15-5-3-2-4-6-15)26-20(23)16-7-8-17-18(13-16)25-12-11-24-17/h5,7-8,13-14H,2-4,6,9-12H2,1H3,(H,21,22)/t14-/m1/s1. The highest BCUT2D eigenvalue weighted by atomic mass is 16.6. The molecule has 6 nitrogen and oxygen atoms in total. The van der Waals surface area contributed by atoms with Crippen molar-refractivity contribution in [2.24, 2.45) is 0 Å². The fraction of sp³-hybridized carbons (Fsp3) is 0.500. The Morgan fingerprint density at radius 3 is 2.77 bits per heavy atom. The second-order valence-corrected chi connectivity index (χ2v) is 6.56. The molecular formula is C20H25NO5. The topological polar surface area (TPSA) is 73.9 Å². The summed E-state index contributed by atoms with van der Waals surface area (Å²) < 4.78 is 16.2. The number of nitrogens with one attached hydrogen (secondary N) is 1. The summed E-state index contributed by atoms with van der Waals surface area (Å²) in [6.45, 7) is 3.08. The van der Waals surface area contributed by atoms with Crippen LogP contribution in [0, 0.1) is 0 Å². The van der Waals surface area contributed by atoms with Crippen molar-refractivity contribution < 1.29 is 23.8 Å². The highest BCUT2D eigenvalue weighted by Gasteiger charge is 2.21. The molecule has 140 valence electrons. The lowest BCUT2D eigenvalue weighted by Gasteiger charge is -2.19. The molecule has 1 aliphatic carbocycles. The fourth-order valence-corrected chi connectivity index (χ4v) is 3.07. The maximum absolute atomic E-state index is 12.3. The molecule has 1 atom stereocenters. The van der Waals surface area contributed by atoms with Crippen LogP contribution in [-0.2, 0) is 9.53 Å². The van der Waals surface area contributed by atoms with Gasteiger partial charge in [0, 0.05) is 6.54 Å². The van der Waals surface area contributed by atoms with E-state index in [0.717, 1.165) is 19.3 Å². The van der Waals surface area contributed by atoms with Gasteiger partial charge in [-0.05, 0) is 57.2 Å². The Balaban J connectivity index is 1.47. The fourth-order valence-electron chi connectivity index (χ4n) is 3.07. The van der Waals surface area contributed by atoms with Crippen molar-refractivity contribution in [1.82, 2.24) is 5.32 Å². The number of fused-ring (bicyclic) bond motifs is 1. The molecule has 3 rings (SSSR count). The van der Waals surface area contributed by atoms with Gasteiger partial charge in [-0.3, -0.25) is 4.79 Å². The summed E-state index contributed by atoms with van der Waals surface area (Å²) in [5, 5.41) is 2.83. The van der Waals surface area contributed by atoms with E-state index < -0.39 is 12.1 Å². The minimum atomic E-state index is -0.851.